The summed E-state index contributed by atoms with van der Waals surface area (Å²) < 4.78 is 13.9. The second kappa shape index (κ2) is 10.5. The van der Waals surface area contributed by atoms with Gasteiger partial charge in [0.25, 0.3) is 0 Å². The Bertz CT molecular complexity index is 1320. The lowest BCUT2D eigenvalue weighted by atomic mass is 10.1. The van der Waals surface area contributed by atoms with E-state index in [1.807, 2.05) is 43.3 Å². The molecule has 0 spiro atoms. The number of nitrogens with zero attached hydrogens (tertiary/aromatic N) is 1. The highest BCUT2D eigenvalue weighted by atomic mass is 127. The third-order valence-corrected chi connectivity index (χ3v) is 7.84. The molecule has 0 aliphatic carbocycles. The number of carbonyl (C=O) groups is 1. The molecule has 4 rings (SSSR count). The molecule has 9 heteroatoms. The van der Waals surface area contributed by atoms with Gasteiger partial charge < -0.3 is 9.47 Å². The van der Waals surface area contributed by atoms with Crippen LogP contribution in [-0.4, -0.2) is 11.9 Å². The third-order valence-electron chi connectivity index (χ3n) is 4.72. The minimum Gasteiger partial charge on any atom is -0.487 e. The van der Waals surface area contributed by atoms with Crippen LogP contribution in [0.3, 0.4) is 0 Å². The van der Waals surface area contributed by atoms with Crippen molar-refractivity contribution in [3.05, 3.63) is 99.0 Å². The molecule has 0 amide bonds. The predicted octanol–water partition coefficient (Wildman–Crippen LogP) is 8.35. The number of benzene rings is 3. The van der Waals surface area contributed by atoms with Gasteiger partial charge in [0.2, 0.25) is 5.90 Å². The van der Waals surface area contributed by atoms with Crippen molar-refractivity contribution in [2.75, 3.05) is 0 Å². The standard InChI is InChI=1S/C24H14Br2Cl2INO3/c1-12-6-15(3-5-20(12)29)23-30-21(24(31)33-23)10-14-7-16(25)22(17(26)8-14)32-11-13-2-4-18(27)19(28)9-13/h2-10H,11H2,1H3/b21-10-. The van der Waals surface area contributed by atoms with Gasteiger partial charge in [-0.3, -0.25) is 0 Å². The molecule has 0 radical (unpaired) electrons. The van der Waals surface area contributed by atoms with E-state index in [9.17, 15) is 4.79 Å². The number of hydrogen-bond acceptors (Lipinski definition) is 4. The highest BCUT2D eigenvalue weighted by molar-refractivity contribution is 14.1. The number of cyclic esters (lactones) is 1. The van der Waals surface area contributed by atoms with Crippen LogP contribution in [0.15, 0.2) is 68.2 Å². The number of aryl methyl sites for hydroxylation is 1. The Hall–Kier alpha value is -1.39. The molecule has 3 aromatic rings. The fourth-order valence-corrected chi connectivity index (χ4v) is 5.16. The van der Waals surface area contributed by atoms with Gasteiger partial charge in [-0.05, 0) is 127 Å². The van der Waals surface area contributed by atoms with Crippen molar-refractivity contribution in [1.29, 1.82) is 0 Å². The van der Waals surface area contributed by atoms with Crippen LogP contribution >= 0.6 is 77.7 Å². The highest BCUT2D eigenvalue weighted by Gasteiger charge is 2.24. The monoisotopic (exact) mass is 719 g/mol. The van der Waals surface area contributed by atoms with E-state index < -0.39 is 5.97 Å². The molecule has 0 aromatic heterocycles. The lowest BCUT2D eigenvalue weighted by Gasteiger charge is -2.12. The molecular formula is C24H14Br2Cl2INO3. The Labute approximate surface area is 231 Å². The van der Waals surface area contributed by atoms with Crippen LogP contribution in [0.4, 0.5) is 0 Å². The molecule has 0 atom stereocenters. The average Bonchev–Trinajstić information content (AvgIpc) is 3.12. The summed E-state index contributed by atoms with van der Waals surface area (Å²) in [5.41, 5.74) is 3.72. The Kier molecular flexibility index (Phi) is 7.85. The number of halogens is 5. The highest BCUT2D eigenvalue weighted by Crippen LogP contribution is 2.36. The maximum atomic E-state index is 12.4. The molecule has 168 valence electrons. The summed E-state index contributed by atoms with van der Waals surface area (Å²) in [6, 6.07) is 14.8. The Balaban J connectivity index is 1.55. The lowest BCUT2D eigenvalue weighted by molar-refractivity contribution is -0.129. The van der Waals surface area contributed by atoms with Crippen molar-refractivity contribution >= 4 is 95.6 Å². The molecule has 33 heavy (non-hydrogen) atoms. The molecule has 0 saturated carbocycles. The summed E-state index contributed by atoms with van der Waals surface area (Å²) in [5.74, 6) is 0.426. The van der Waals surface area contributed by atoms with Crippen LogP contribution in [0, 0.1) is 10.5 Å². The summed E-state index contributed by atoms with van der Waals surface area (Å²) in [6.07, 6.45) is 1.67. The zero-order chi connectivity index (χ0) is 23.7. The van der Waals surface area contributed by atoms with Gasteiger partial charge in [0.05, 0.1) is 19.0 Å². The first-order valence-electron chi connectivity index (χ1n) is 9.56. The van der Waals surface area contributed by atoms with Crippen molar-refractivity contribution < 1.29 is 14.3 Å². The van der Waals surface area contributed by atoms with E-state index in [4.69, 9.17) is 32.7 Å². The quantitative estimate of drug-likeness (QED) is 0.151. The van der Waals surface area contributed by atoms with Crippen LogP contribution in [0.2, 0.25) is 10.0 Å². The zero-order valence-electron chi connectivity index (χ0n) is 17.0. The molecule has 0 bridgehead atoms. The molecule has 3 aromatic carbocycles. The normalized spacial score (nSPS) is 14.4. The van der Waals surface area contributed by atoms with Gasteiger partial charge in [-0.25, -0.2) is 9.79 Å². The minimum atomic E-state index is -0.492. The number of esters is 1. The third kappa shape index (κ3) is 5.82. The van der Waals surface area contributed by atoms with Gasteiger partial charge >= 0.3 is 5.97 Å². The van der Waals surface area contributed by atoms with Crippen molar-refractivity contribution in [1.82, 2.24) is 0 Å². The summed E-state index contributed by atoms with van der Waals surface area (Å²) in [6.45, 7) is 2.31. The van der Waals surface area contributed by atoms with Gasteiger partial charge in [-0.15, -0.1) is 0 Å². The summed E-state index contributed by atoms with van der Waals surface area (Å²) in [4.78, 5) is 16.8. The van der Waals surface area contributed by atoms with E-state index in [0.717, 1.165) is 25.8 Å². The Morgan fingerprint density at radius 2 is 1.79 bits per heavy atom. The second-order valence-corrected chi connectivity index (χ2v) is 10.8. The first-order chi connectivity index (χ1) is 15.7. The molecule has 1 heterocycles. The van der Waals surface area contributed by atoms with E-state index in [0.29, 0.717) is 37.2 Å². The summed E-state index contributed by atoms with van der Waals surface area (Å²) in [5, 5.41) is 0.968. The number of aliphatic imine (C=N–C) groups is 1. The molecule has 0 N–H and O–H groups in total. The van der Waals surface area contributed by atoms with Crippen molar-refractivity contribution in [3.8, 4) is 5.75 Å². The average molecular weight is 722 g/mol. The van der Waals surface area contributed by atoms with Gasteiger partial charge in [-0.1, -0.05) is 29.3 Å². The smallest absolute Gasteiger partial charge is 0.363 e. The van der Waals surface area contributed by atoms with E-state index in [1.165, 1.54) is 0 Å². The maximum absolute atomic E-state index is 12.4. The molecule has 0 fully saturated rings. The SMILES string of the molecule is Cc1cc(C2=N/C(=C\c3cc(Br)c(OCc4ccc(Cl)c(Cl)c4)c(Br)c3)C(=O)O2)ccc1I. The number of rotatable bonds is 5. The molecule has 0 unspecified atom stereocenters. The van der Waals surface area contributed by atoms with Crippen molar-refractivity contribution in [2.24, 2.45) is 4.99 Å². The largest absolute Gasteiger partial charge is 0.487 e. The fourth-order valence-electron chi connectivity index (χ4n) is 3.05. The fraction of sp³-hybridized carbons (Fsp3) is 0.0833. The van der Waals surface area contributed by atoms with Gasteiger partial charge in [0, 0.05) is 9.13 Å². The molecule has 1 aliphatic heterocycles. The minimum absolute atomic E-state index is 0.226. The first kappa shape index (κ1) is 24.7. The maximum Gasteiger partial charge on any atom is 0.363 e. The Morgan fingerprint density at radius 3 is 2.45 bits per heavy atom. The molecule has 0 saturated heterocycles. The van der Waals surface area contributed by atoms with E-state index >= 15 is 0 Å². The van der Waals surface area contributed by atoms with Crippen LogP contribution < -0.4 is 4.74 Å². The van der Waals surface area contributed by atoms with Crippen LogP contribution in [0.25, 0.3) is 6.08 Å². The number of carbonyl (C=O) groups excluding carboxylic acids is 1. The number of ether oxygens (including phenoxy) is 2. The van der Waals surface area contributed by atoms with Crippen LogP contribution in [0.1, 0.15) is 22.3 Å². The summed E-state index contributed by atoms with van der Waals surface area (Å²) >= 11 is 21.4. The zero-order valence-corrected chi connectivity index (χ0v) is 23.8. The van der Waals surface area contributed by atoms with Crippen molar-refractivity contribution in [3.63, 3.8) is 0 Å². The van der Waals surface area contributed by atoms with E-state index in [2.05, 4.69) is 59.4 Å². The van der Waals surface area contributed by atoms with Crippen molar-refractivity contribution in [2.45, 2.75) is 13.5 Å². The van der Waals surface area contributed by atoms with Gasteiger partial charge in [0.1, 0.15) is 12.4 Å². The predicted molar refractivity (Wildman–Crippen MR) is 147 cm³/mol. The first-order valence-corrected chi connectivity index (χ1v) is 13.0. The molecule has 1 aliphatic rings. The topological polar surface area (TPSA) is 47.9 Å². The molecule has 4 nitrogen and oxygen atoms in total. The number of hydrogen-bond donors (Lipinski definition) is 0. The van der Waals surface area contributed by atoms with Crippen LogP contribution in [-0.2, 0) is 16.1 Å². The van der Waals surface area contributed by atoms with E-state index in [1.54, 1.807) is 18.2 Å². The van der Waals surface area contributed by atoms with Gasteiger partial charge in [0.15, 0.2) is 5.70 Å². The van der Waals surface area contributed by atoms with Gasteiger partial charge in [-0.2, -0.15) is 0 Å². The molecular weight excluding hydrogens is 708 g/mol. The van der Waals surface area contributed by atoms with E-state index in [-0.39, 0.29) is 5.70 Å². The van der Waals surface area contributed by atoms with Crippen LogP contribution in [0.5, 0.6) is 5.75 Å². The second-order valence-electron chi connectivity index (χ2n) is 7.15. The lowest BCUT2D eigenvalue weighted by Crippen LogP contribution is -2.05. The summed E-state index contributed by atoms with van der Waals surface area (Å²) in [7, 11) is 0. The Morgan fingerprint density at radius 1 is 1.06 bits per heavy atom.